The van der Waals surface area contributed by atoms with Gasteiger partial charge in [0.1, 0.15) is 0 Å². The maximum atomic E-state index is 11.4. The van der Waals surface area contributed by atoms with Crippen LogP contribution in [0.5, 0.6) is 0 Å². The lowest BCUT2D eigenvalue weighted by atomic mass is 9.98. The van der Waals surface area contributed by atoms with Crippen LogP contribution in [0.2, 0.25) is 0 Å². The molecule has 25 heavy (non-hydrogen) atoms. The van der Waals surface area contributed by atoms with E-state index in [4.69, 9.17) is 10.7 Å². The summed E-state index contributed by atoms with van der Waals surface area (Å²) in [7, 11) is 0. The summed E-state index contributed by atoms with van der Waals surface area (Å²) in [5.41, 5.74) is 12.3. The largest absolute Gasteiger partial charge is 0.369 e. The first-order valence-corrected chi connectivity index (χ1v) is 9.23. The zero-order valence-electron chi connectivity index (χ0n) is 14.7. The smallest absolute Gasteiger partial charge is 0.230 e. The molecular formula is C21H22N2OS. The highest BCUT2D eigenvalue weighted by molar-refractivity contribution is 8.15. The second-order valence-corrected chi connectivity index (χ2v) is 7.82. The van der Waals surface area contributed by atoms with Crippen LogP contribution in [0.1, 0.15) is 35.6 Å². The van der Waals surface area contributed by atoms with Gasteiger partial charge in [-0.15, -0.1) is 0 Å². The van der Waals surface area contributed by atoms with E-state index < -0.39 is 0 Å². The molecule has 0 bridgehead atoms. The molecule has 2 N–H and O–H groups in total. The second kappa shape index (κ2) is 7.28. The predicted molar refractivity (Wildman–Crippen MR) is 107 cm³/mol. The van der Waals surface area contributed by atoms with Crippen molar-refractivity contribution < 1.29 is 4.79 Å². The summed E-state index contributed by atoms with van der Waals surface area (Å²) >= 11 is 1.45. The first-order valence-electron chi connectivity index (χ1n) is 8.35. The highest BCUT2D eigenvalue weighted by Crippen LogP contribution is 2.39. The van der Waals surface area contributed by atoms with Crippen molar-refractivity contribution >= 4 is 34.0 Å². The minimum atomic E-state index is -0.312. The minimum Gasteiger partial charge on any atom is -0.369 e. The first kappa shape index (κ1) is 17.5. The summed E-state index contributed by atoms with van der Waals surface area (Å²) in [6, 6.07) is 16.9. The fraction of sp³-hybridized carbons (Fsp3) is 0.238. The zero-order chi connectivity index (χ0) is 18.0. The number of aliphatic imine (C=N–C) groups is 1. The molecule has 1 aliphatic rings. The second-order valence-electron chi connectivity index (χ2n) is 6.40. The Morgan fingerprint density at radius 2 is 1.52 bits per heavy atom. The normalized spacial score (nSPS) is 15.2. The Bertz CT molecular complexity index is 848. The van der Waals surface area contributed by atoms with Crippen molar-refractivity contribution in [2.45, 2.75) is 32.4 Å². The number of primary amides is 1. The van der Waals surface area contributed by atoms with Gasteiger partial charge >= 0.3 is 0 Å². The van der Waals surface area contributed by atoms with Gasteiger partial charge in [0.05, 0.1) is 16.0 Å². The Hall–Kier alpha value is -2.33. The molecule has 0 fully saturated rings. The molecule has 2 aromatic carbocycles. The highest BCUT2D eigenvalue weighted by atomic mass is 32.2. The molecule has 1 amide bonds. The molecule has 0 saturated heterocycles. The van der Waals surface area contributed by atoms with Crippen LogP contribution >= 0.6 is 11.8 Å². The third kappa shape index (κ3) is 4.02. The molecular weight excluding hydrogens is 328 g/mol. The van der Waals surface area contributed by atoms with E-state index in [0.29, 0.717) is 0 Å². The van der Waals surface area contributed by atoms with Gasteiger partial charge in [0.15, 0.2) is 0 Å². The number of benzene rings is 2. The monoisotopic (exact) mass is 350 g/mol. The van der Waals surface area contributed by atoms with E-state index >= 15 is 0 Å². The average Bonchev–Trinajstić information content (AvgIpc) is 3.00. The number of rotatable bonds is 4. The van der Waals surface area contributed by atoms with Gasteiger partial charge in [-0.1, -0.05) is 71.4 Å². The molecule has 0 radical (unpaired) electrons. The number of nitrogens with zero attached hydrogens (tertiary/aromatic N) is 1. The van der Waals surface area contributed by atoms with E-state index in [1.807, 2.05) is 6.92 Å². The van der Waals surface area contributed by atoms with Crippen molar-refractivity contribution in [2.24, 2.45) is 10.7 Å². The number of hydrogen-bond donors (Lipinski definition) is 1. The third-order valence-corrected chi connectivity index (χ3v) is 5.38. The summed E-state index contributed by atoms with van der Waals surface area (Å²) < 4.78 is 0. The fourth-order valence-electron chi connectivity index (χ4n) is 2.74. The minimum absolute atomic E-state index is 0.282. The average molecular weight is 350 g/mol. The Kier molecular flexibility index (Phi) is 5.09. The van der Waals surface area contributed by atoms with E-state index in [1.54, 1.807) is 0 Å². The zero-order valence-corrected chi connectivity index (χ0v) is 15.6. The molecule has 1 heterocycles. The van der Waals surface area contributed by atoms with Crippen LogP contribution in [0.4, 0.5) is 0 Å². The van der Waals surface area contributed by atoms with E-state index in [0.717, 1.165) is 22.7 Å². The standard InChI is InChI=1S/C21H22N2OS/c1-13-4-8-16(9-5-13)18-12-19(25-15(3)21(22)24)23-20(18)17-10-6-14(2)7-11-17/h4-11,15H,12H2,1-3H3,(H2,22,24). The molecule has 4 heteroatoms. The molecule has 1 atom stereocenters. The Morgan fingerprint density at radius 1 is 1.00 bits per heavy atom. The van der Waals surface area contributed by atoms with Crippen LogP contribution in [-0.4, -0.2) is 16.2 Å². The highest BCUT2D eigenvalue weighted by Gasteiger charge is 2.23. The van der Waals surface area contributed by atoms with E-state index in [2.05, 4.69) is 62.4 Å². The van der Waals surface area contributed by atoms with Crippen molar-refractivity contribution in [3.05, 3.63) is 70.8 Å². The van der Waals surface area contributed by atoms with Gasteiger partial charge in [-0.05, 0) is 31.9 Å². The number of aryl methyl sites for hydroxylation is 2. The number of nitrogens with two attached hydrogens (primary N) is 1. The van der Waals surface area contributed by atoms with Gasteiger partial charge in [0, 0.05) is 12.0 Å². The maximum absolute atomic E-state index is 11.4. The number of hydrogen-bond acceptors (Lipinski definition) is 3. The van der Waals surface area contributed by atoms with E-state index in [-0.39, 0.29) is 11.2 Å². The lowest BCUT2D eigenvalue weighted by Crippen LogP contribution is -2.23. The molecule has 0 aromatic heterocycles. The molecule has 1 unspecified atom stereocenters. The van der Waals surface area contributed by atoms with Gasteiger partial charge < -0.3 is 5.73 Å². The molecule has 2 aromatic rings. The summed E-state index contributed by atoms with van der Waals surface area (Å²) in [6.07, 6.45) is 0.731. The van der Waals surface area contributed by atoms with E-state index in [1.165, 1.54) is 34.0 Å². The molecule has 0 saturated carbocycles. The number of amides is 1. The molecule has 3 nitrogen and oxygen atoms in total. The van der Waals surface area contributed by atoms with Crippen LogP contribution in [0.3, 0.4) is 0 Å². The van der Waals surface area contributed by atoms with Crippen molar-refractivity contribution in [3.63, 3.8) is 0 Å². The maximum Gasteiger partial charge on any atom is 0.230 e. The van der Waals surface area contributed by atoms with Gasteiger partial charge in [-0.3, -0.25) is 4.79 Å². The molecule has 0 spiro atoms. The van der Waals surface area contributed by atoms with Crippen LogP contribution in [0, 0.1) is 13.8 Å². The van der Waals surface area contributed by atoms with Crippen LogP contribution in [0.15, 0.2) is 53.5 Å². The molecule has 0 aliphatic carbocycles. The van der Waals surface area contributed by atoms with E-state index in [9.17, 15) is 4.79 Å². The van der Waals surface area contributed by atoms with Crippen LogP contribution < -0.4 is 5.73 Å². The summed E-state index contributed by atoms with van der Waals surface area (Å²) in [4.78, 5) is 16.2. The molecule has 3 rings (SSSR count). The van der Waals surface area contributed by atoms with Gasteiger partial charge in [-0.2, -0.15) is 0 Å². The quantitative estimate of drug-likeness (QED) is 0.877. The lowest BCUT2D eigenvalue weighted by molar-refractivity contribution is -0.117. The summed E-state index contributed by atoms with van der Waals surface area (Å²) in [5, 5.41) is 0.660. The first-order chi connectivity index (χ1) is 11.9. The third-order valence-electron chi connectivity index (χ3n) is 4.29. The summed E-state index contributed by atoms with van der Waals surface area (Å²) in [6.45, 7) is 5.98. The van der Waals surface area contributed by atoms with Crippen molar-refractivity contribution in [3.8, 4) is 0 Å². The van der Waals surface area contributed by atoms with Crippen molar-refractivity contribution in [1.82, 2.24) is 0 Å². The SMILES string of the molecule is Cc1ccc(C2=C(c3ccc(C)cc3)N=C(SC(C)C(N)=O)C2)cc1. The van der Waals surface area contributed by atoms with Crippen LogP contribution in [0.25, 0.3) is 11.3 Å². The molecule has 1 aliphatic heterocycles. The summed E-state index contributed by atoms with van der Waals surface area (Å²) in [5.74, 6) is -0.312. The predicted octanol–water partition coefficient (Wildman–Crippen LogP) is 4.58. The lowest BCUT2D eigenvalue weighted by Gasteiger charge is -2.08. The number of allylic oxidation sites excluding steroid dienone is 1. The van der Waals surface area contributed by atoms with Gasteiger partial charge in [0.2, 0.25) is 5.91 Å². The van der Waals surface area contributed by atoms with Gasteiger partial charge in [0.25, 0.3) is 0 Å². The Balaban J connectivity index is 1.99. The Morgan fingerprint density at radius 3 is 2.04 bits per heavy atom. The van der Waals surface area contributed by atoms with Crippen molar-refractivity contribution in [1.29, 1.82) is 0 Å². The number of carbonyl (C=O) groups is 1. The van der Waals surface area contributed by atoms with Gasteiger partial charge in [-0.25, -0.2) is 4.99 Å². The number of thioether (sulfide) groups is 1. The van der Waals surface area contributed by atoms with Crippen LogP contribution in [-0.2, 0) is 4.79 Å². The number of carbonyl (C=O) groups excluding carboxylic acids is 1. The topological polar surface area (TPSA) is 55.4 Å². The molecule has 128 valence electrons. The Labute approximate surface area is 153 Å². The fourth-order valence-corrected chi connectivity index (χ4v) is 3.64. The van der Waals surface area contributed by atoms with Crippen molar-refractivity contribution in [2.75, 3.05) is 0 Å².